The van der Waals surface area contributed by atoms with E-state index in [0.29, 0.717) is 12.0 Å². The van der Waals surface area contributed by atoms with Gasteiger partial charge in [0.2, 0.25) is 0 Å². The van der Waals surface area contributed by atoms with E-state index in [2.05, 4.69) is 42.6 Å². The minimum atomic E-state index is 0.580. The molecule has 1 unspecified atom stereocenters. The summed E-state index contributed by atoms with van der Waals surface area (Å²) in [5, 5.41) is 3.49. The summed E-state index contributed by atoms with van der Waals surface area (Å²) in [6.07, 6.45) is 0. The summed E-state index contributed by atoms with van der Waals surface area (Å²) in [5.74, 6) is 0.580. The molecule has 0 aromatic heterocycles. The lowest BCUT2D eigenvalue weighted by Gasteiger charge is -2.28. The monoisotopic (exact) mass is 191 g/mol. The van der Waals surface area contributed by atoms with Gasteiger partial charge in [-0.3, -0.25) is 0 Å². The second-order valence-electron chi connectivity index (χ2n) is 3.95. The third-order valence-corrected chi connectivity index (χ3v) is 2.72. The van der Waals surface area contributed by atoms with Crippen LogP contribution in [-0.4, -0.2) is 25.8 Å². The molecule has 2 heteroatoms. The van der Waals surface area contributed by atoms with Gasteiger partial charge in [0.25, 0.3) is 0 Å². The van der Waals surface area contributed by atoms with E-state index in [0.717, 1.165) is 19.8 Å². The molecule has 1 aliphatic heterocycles. The summed E-state index contributed by atoms with van der Waals surface area (Å²) in [6.45, 7) is 5.04. The van der Waals surface area contributed by atoms with E-state index < -0.39 is 0 Å². The van der Waals surface area contributed by atoms with Gasteiger partial charge >= 0.3 is 0 Å². The lowest BCUT2D eigenvalue weighted by Crippen LogP contribution is -2.47. The molecule has 14 heavy (non-hydrogen) atoms. The van der Waals surface area contributed by atoms with Gasteiger partial charge < -0.3 is 10.1 Å². The lowest BCUT2D eigenvalue weighted by atomic mass is 10.0. The molecular weight excluding hydrogens is 174 g/mol. The molecular formula is C12H17NO. The molecule has 0 bridgehead atoms. The van der Waals surface area contributed by atoms with Crippen LogP contribution in [0, 0.1) is 0 Å². The highest BCUT2D eigenvalue weighted by molar-refractivity contribution is 5.19. The highest BCUT2D eigenvalue weighted by Gasteiger charge is 2.18. The van der Waals surface area contributed by atoms with Crippen molar-refractivity contribution in [2.75, 3.05) is 19.8 Å². The summed E-state index contributed by atoms with van der Waals surface area (Å²) in [6, 6.07) is 11.2. The van der Waals surface area contributed by atoms with Gasteiger partial charge in [-0.15, -0.1) is 0 Å². The number of ether oxygens (including phenoxy) is 1. The van der Waals surface area contributed by atoms with Crippen molar-refractivity contribution in [3.63, 3.8) is 0 Å². The Morgan fingerprint density at radius 2 is 2.07 bits per heavy atom. The molecule has 2 nitrogen and oxygen atoms in total. The van der Waals surface area contributed by atoms with Crippen LogP contribution in [0.2, 0.25) is 0 Å². The normalized spacial score (nSPS) is 18.9. The van der Waals surface area contributed by atoms with Crippen LogP contribution < -0.4 is 5.32 Å². The van der Waals surface area contributed by atoms with Crippen molar-refractivity contribution in [2.45, 2.75) is 18.9 Å². The number of hydrogen-bond donors (Lipinski definition) is 1. The molecule has 1 aromatic rings. The molecule has 1 fully saturated rings. The molecule has 1 aliphatic rings. The molecule has 1 saturated heterocycles. The first-order chi connectivity index (χ1) is 6.86. The average Bonchev–Trinajstić information content (AvgIpc) is 2.16. The van der Waals surface area contributed by atoms with Crippen molar-refractivity contribution in [1.29, 1.82) is 0 Å². The standard InChI is InChI=1S/C12H17NO/c1-10(7-13-12-8-14-9-12)11-5-3-2-4-6-11/h2-6,10,12-13H,7-9H2,1H3. The van der Waals surface area contributed by atoms with Crippen molar-refractivity contribution in [3.05, 3.63) is 35.9 Å². The van der Waals surface area contributed by atoms with Crippen molar-refractivity contribution in [3.8, 4) is 0 Å². The summed E-state index contributed by atoms with van der Waals surface area (Å²) >= 11 is 0. The Bertz CT molecular complexity index is 269. The van der Waals surface area contributed by atoms with Crippen molar-refractivity contribution < 1.29 is 4.74 Å². The fourth-order valence-electron chi connectivity index (χ4n) is 1.60. The minimum absolute atomic E-state index is 0.580. The molecule has 0 amide bonds. The molecule has 1 heterocycles. The van der Waals surface area contributed by atoms with E-state index >= 15 is 0 Å². The highest BCUT2D eigenvalue weighted by Crippen LogP contribution is 2.13. The Morgan fingerprint density at radius 1 is 1.36 bits per heavy atom. The predicted octanol–water partition coefficient (Wildman–Crippen LogP) is 1.78. The number of nitrogens with one attached hydrogen (secondary N) is 1. The van der Waals surface area contributed by atoms with Gasteiger partial charge in [-0.25, -0.2) is 0 Å². The summed E-state index contributed by atoms with van der Waals surface area (Å²) in [7, 11) is 0. The Labute approximate surface area is 85.3 Å². The Hall–Kier alpha value is -0.860. The van der Waals surface area contributed by atoms with Crippen molar-refractivity contribution in [1.82, 2.24) is 5.32 Å². The maximum atomic E-state index is 5.11. The highest BCUT2D eigenvalue weighted by atomic mass is 16.5. The van der Waals surface area contributed by atoms with E-state index in [1.54, 1.807) is 0 Å². The van der Waals surface area contributed by atoms with Gasteiger partial charge in [-0.05, 0) is 11.5 Å². The summed E-state index contributed by atoms with van der Waals surface area (Å²) < 4.78 is 5.11. The van der Waals surface area contributed by atoms with E-state index in [-0.39, 0.29) is 0 Å². The first-order valence-electron chi connectivity index (χ1n) is 5.22. The molecule has 1 atom stereocenters. The van der Waals surface area contributed by atoms with Crippen molar-refractivity contribution in [2.24, 2.45) is 0 Å². The number of rotatable bonds is 4. The fraction of sp³-hybridized carbons (Fsp3) is 0.500. The van der Waals surface area contributed by atoms with Crippen LogP contribution in [0.3, 0.4) is 0 Å². The van der Waals surface area contributed by atoms with E-state index in [9.17, 15) is 0 Å². The number of benzene rings is 1. The Morgan fingerprint density at radius 3 is 2.64 bits per heavy atom. The van der Waals surface area contributed by atoms with Crippen LogP contribution >= 0.6 is 0 Å². The zero-order valence-electron chi connectivity index (χ0n) is 8.57. The fourth-order valence-corrected chi connectivity index (χ4v) is 1.60. The summed E-state index contributed by atoms with van der Waals surface area (Å²) in [4.78, 5) is 0. The molecule has 0 spiro atoms. The molecule has 0 aliphatic carbocycles. The molecule has 0 saturated carbocycles. The summed E-state index contributed by atoms with van der Waals surface area (Å²) in [5.41, 5.74) is 1.40. The van der Waals surface area contributed by atoms with Gasteiger partial charge in [0.05, 0.1) is 19.3 Å². The maximum absolute atomic E-state index is 5.11. The van der Waals surface area contributed by atoms with Gasteiger partial charge in [0.1, 0.15) is 0 Å². The van der Waals surface area contributed by atoms with Crippen LogP contribution in [0.25, 0.3) is 0 Å². The largest absolute Gasteiger partial charge is 0.378 e. The van der Waals surface area contributed by atoms with Crippen LogP contribution in [0.1, 0.15) is 18.4 Å². The van der Waals surface area contributed by atoms with Crippen LogP contribution in [0.15, 0.2) is 30.3 Å². The number of hydrogen-bond acceptors (Lipinski definition) is 2. The van der Waals surface area contributed by atoms with Crippen LogP contribution in [0.5, 0.6) is 0 Å². The SMILES string of the molecule is CC(CNC1COC1)c1ccccc1. The van der Waals surface area contributed by atoms with E-state index in [1.807, 2.05) is 0 Å². The minimum Gasteiger partial charge on any atom is -0.378 e. The third-order valence-electron chi connectivity index (χ3n) is 2.72. The van der Waals surface area contributed by atoms with E-state index in [1.165, 1.54) is 5.56 Å². The van der Waals surface area contributed by atoms with Crippen molar-refractivity contribution >= 4 is 0 Å². The average molecular weight is 191 g/mol. The topological polar surface area (TPSA) is 21.3 Å². The quantitative estimate of drug-likeness (QED) is 0.783. The van der Waals surface area contributed by atoms with E-state index in [4.69, 9.17) is 4.74 Å². The van der Waals surface area contributed by atoms with Gasteiger partial charge in [-0.1, -0.05) is 37.3 Å². The molecule has 1 aromatic carbocycles. The maximum Gasteiger partial charge on any atom is 0.0643 e. The van der Waals surface area contributed by atoms with Crippen LogP contribution in [0.4, 0.5) is 0 Å². The first-order valence-corrected chi connectivity index (χ1v) is 5.22. The third kappa shape index (κ3) is 2.34. The lowest BCUT2D eigenvalue weighted by molar-refractivity contribution is -0.00530. The molecule has 2 rings (SSSR count). The first kappa shape index (κ1) is 9.69. The Kier molecular flexibility index (Phi) is 3.17. The van der Waals surface area contributed by atoms with Gasteiger partial charge in [0.15, 0.2) is 0 Å². The molecule has 76 valence electrons. The Balaban J connectivity index is 1.80. The second-order valence-corrected chi connectivity index (χ2v) is 3.95. The second kappa shape index (κ2) is 4.58. The smallest absolute Gasteiger partial charge is 0.0643 e. The van der Waals surface area contributed by atoms with Gasteiger partial charge in [0, 0.05) is 6.54 Å². The van der Waals surface area contributed by atoms with Gasteiger partial charge in [-0.2, -0.15) is 0 Å². The molecule has 1 N–H and O–H groups in total. The zero-order chi connectivity index (χ0) is 9.80. The predicted molar refractivity (Wildman–Crippen MR) is 57.5 cm³/mol. The molecule has 0 radical (unpaired) electrons. The zero-order valence-corrected chi connectivity index (χ0v) is 8.57. The van der Waals surface area contributed by atoms with Crippen LogP contribution in [-0.2, 0) is 4.74 Å².